The van der Waals surface area contributed by atoms with Gasteiger partial charge in [-0.2, -0.15) is 9.90 Å². The molecule has 0 aliphatic rings. The standard InChI is InChI=1S/C15H20N6O/c1-3-4-8-12(2)16-17-14(22)11-21-19-15(18-20-21)13-9-6-5-7-10-13/h5-7,9-10H,3-4,8,11H2,1-2H3,(H,17,22)/b16-12-. The molecule has 7 nitrogen and oxygen atoms in total. The summed E-state index contributed by atoms with van der Waals surface area (Å²) in [5.74, 6) is 0.226. The van der Waals surface area contributed by atoms with E-state index >= 15 is 0 Å². The molecule has 1 heterocycles. The van der Waals surface area contributed by atoms with Crippen LogP contribution < -0.4 is 5.43 Å². The van der Waals surface area contributed by atoms with Crippen LogP contribution in [0.4, 0.5) is 0 Å². The molecule has 0 saturated carbocycles. The summed E-state index contributed by atoms with van der Waals surface area (Å²) >= 11 is 0. The van der Waals surface area contributed by atoms with Crippen molar-refractivity contribution >= 4 is 11.6 Å². The fraction of sp³-hybridized carbons (Fsp3) is 0.400. The van der Waals surface area contributed by atoms with Gasteiger partial charge in [0.2, 0.25) is 5.82 Å². The van der Waals surface area contributed by atoms with Gasteiger partial charge < -0.3 is 0 Å². The minimum atomic E-state index is -0.270. The molecule has 1 aromatic heterocycles. The van der Waals surface area contributed by atoms with E-state index in [2.05, 4.69) is 32.9 Å². The maximum absolute atomic E-state index is 11.8. The van der Waals surface area contributed by atoms with Gasteiger partial charge in [0.25, 0.3) is 5.91 Å². The summed E-state index contributed by atoms with van der Waals surface area (Å²) in [6, 6.07) is 9.50. The molecule has 0 unspecified atom stereocenters. The Kier molecular flexibility index (Phi) is 5.76. The van der Waals surface area contributed by atoms with Gasteiger partial charge >= 0.3 is 0 Å². The van der Waals surface area contributed by atoms with Crippen molar-refractivity contribution in [2.45, 2.75) is 39.7 Å². The first-order chi connectivity index (χ1) is 10.7. The number of unbranched alkanes of at least 4 members (excludes halogenated alkanes) is 1. The van der Waals surface area contributed by atoms with Crippen molar-refractivity contribution in [3.63, 3.8) is 0 Å². The summed E-state index contributed by atoms with van der Waals surface area (Å²) in [5, 5.41) is 16.0. The smallest absolute Gasteiger partial charge is 0.263 e. The number of carbonyl (C=O) groups is 1. The van der Waals surface area contributed by atoms with E-state index in [4.69, 9.17) is 0 Å². The third-order valence-corrected chi connectivity index (χ3v) is 3.03. The molecule has 116 valence electrons. The zero-order valence-electron chi connectivity index (χ0n) is 12.9. The van der Waals surface area contributed by atoms with Crippen LogP contribution in [0.5, 0.6) is 0 Å². The van der Waals surface area contributed by atoms with Crippen LogP contribution >= 0.6 is 0 Å². The van der Waals surface area contributed by atoms with Gasteiger partial charge in [0.1, 0.15) is 6.54 Å². The number of carbonyl (C=O) groups excluding carboxylic acids is 1. The van der Waals surface area contributed by atoms with E-state index in [1.54, 1.807) is 0 Å². The number of hydrogen-bond donors (Lipinski definition) is 1. The van der Waals surface area contributed by atoms with Crippen molar-refractivity contribution in [1.29, 1.82) is 0 Å². The molecule has 1 amide bonds. The molecule has 22 heavy (non-hydrogen) atoms. The lowest BCUT2D eigenvalue weighted by molar-refractivity contribution is -0.122. The van der Waals surface area contributed by atoms with Crippen molar-refractivity contribution in [3.05, 3.63) is 30.3 Å². The molecule has 0 atom stereocenters. The van der Waals surface area contributed by atoms with E-state index < -0.39 is 0 Å². The topological polar surface area (TPSA) is 85.1 Å². The first-order valence-electron chi connectivity index (χ1n) is 7.34. The zero-order valence-corrected chi connectivity index (χ0v) is 12.9. The van der Waals surface area contributed by atoms with Crippen molar-refractivity contribution in [2.24, 2.45) is 5.10 Å². The van der Waals surface area contributed by atoms with Crippen molar-refractivity contribution in [2.75, 3.05) is 0 Å². The Morgan fingerprint density at radius 3 is 2.82 bits per heavy atom. The van der Waals surface area contributed by atoms with Crippen molar-refractivity contribution in [3.8, 4) is 11.4 Å². The van der Waals surface area contributed by atoms with E-state index in [-0.39, 0.29) is 12.5 Å². The number of amides is 1. The normalized spacial score (nSPS) is 11.5. The van der Waals surface area contributed by atoms with E-state index in [9.17, 15) is 4.79 Å². The summed E-state index contributed by atoms with van der Waals surface area (Å²) in [4.78, 5) is 13.0. The summed E-state index contributed by atoms with van der Waals surface area (Å²) in [7, 11) is 0. The molecular weight excluding hydrogens is 280 g/mol. The Labute approximate surface area is 129 Å². The molecule has 0 aliphatic carbocycles. The highest BCUT2D eigenvalue weighted by Crippen LogP contribution is 2.11. The number of tetrazole rings is 1. The van der Waals surface area contributed by atoms with Crippen LogP contribution in [-0.2, 0) is 11.3 Å². The number of aromatic nitrogens is 4. The average Bonchev–Trinajstić information content (AvgIpc) is 3.00. The Morgan fingerprint density at radius 1 is 1.32 bits per heavy atom. The zero-order chi connectivity index (χ0) is 15.8. The van der Waals surface area contributed by atoms with Gasteiger partial charge in [0, 0.05) is 11.3 Å². The molecule has 0 spiro atoms. The van der Waals surface area contributed by atoms with Gasteiger partial charge in [-0.3, -0.25) is 4.79 Å². The summed E-state index contributed by atoms with van der Waals surface area (Å²) in [6.45, 7) is 4.01. The SMILES string of the molecule is CCCC/C(C)=N\NC(=O)Cn1nnc(-c2ccccc2)n1. The monoisotopic (exact) mass is 300 g/mol. The Hall–Kier alpha value is -2.57. The maximum atomic E-state index is 11.8. The highest BCUT2D eigenvalue weighted by molar-refractivity contribution is 5.84. The quantitative estimate of drug-likeness (QED) is 0.626. The molecule has 2 rings (SSSR count). The van der Waals surface area contributed by atoms with Gasteiger partial charge in [-0.25, -0.2) is 5.43 Å². The third-order valence-electron chi connectivity index (χ3n) is 3.03. The summed E-state index contributed by atoms with van der Waals surface area (Å²) < 4.78 is 0. The number of benzene rings is 1. The molecule has 1 aromatic carbocycles. The molecule has 7 heteroatoms. The first kappa shape index (κ1) is 15.8. The molecule has 0 radical (unpaired) electrons. The summed E-state index contributed by atoms with van der Waals surface area (Å²) in [5.41, 5.74) is 4.28. The van der Waals surface area contributed by atoms with Gasteiger partial charge in [-0.15, -0.1) is 10.2 Å². The van der Waals surface area contributed by atoms with Crippen LogP contribution in [0, 0.1) is 0 Å². The van der Waals surface area contributed by atoms with Gasteiger partial charge in [0.05, 0.1) is 0 Å². The molecule has 0 saturated heterocycles. The first-order valence-corrected chi connectivity index (χ1v) is 7.34. The minimum absolute atomic E-state index is 0.00953. The largest absolute Gasteiger partial charge is 0.271 e. The van der Waals surface area contributed by atoms with E-state index in [0.717, 1.165) is 30.5 Å². The Bertz CT molecular complexity index is 634. The van der Waals surface area contributed by atoms with Crippen molar-refractivity contribution < 1.29 is 4.79 Å². The van der Waals surface area contributed by atoms with Crippen LogP contribution in [0.15, 0.2) is 35.4 Å². The Morgan fingerprint density at radius 2 is 2.09 bits per heavy atom. The van der Waals surface area contributed by atoms with Crippen LogP contribution in [0.2, 0.25) is 0 Å². The predicted octanol–water partition coefficient (Wildman–Crippen LogP) is 2.02. The third kappa shape index (κ3) is 4.76. The fourth-order valence-electron chi connectivity index (χ4n) is 1.82. The highest BCUT2D eigenvalue weighted by atomic mass is 16.2. The molecule has 0 fully saturated rings. The van der Waals surface area contributed by atoms with Gasteiger partial charge in [-0.05, 0) is 25.0 Å². The van der Waals surface area contributed by atoms with E-state index in [0.29, 0.717) is 5.82 Å². The second-order valence-electron chi connectivity index (χ2n) is 5.00. The second kappa shape index (κ2) is 8.02. The van der Waals surface area contributed by atoms with Crippen LogP contribution in [0.3, 0.4) is 0 Å². The number of hydrazone groups is 1. The molecule has 2 aromatic rings. The summed E-state index contributed by atoms with van der Waals surface area (Å²) in [6.07, 6.45) is 3.05. The van der Waals surface area contributed by atoms with Crippen molar-refractivity contribution in [1.82, 2.24) is 25.6 Å². The molecule has 0 bridgehead atoms. The van der Waals surface area contributed by atoms with Gasteiger partial charge in [0.15, 0.2) is 0 Å². The van der Waals surface area contributed by atoms with Crippen LogP contribution in [-0.4, -0.2) is 31.8 Å². The van der Waals surface area contributed by atoms with Crippen LogP contribution in [0.1, 0.15) is 33.1 Å². The number of nitrogens with one attached hydrogen (secondary N) is 1. The second-order valence-corrected chi connectivity index (χ2v) is 5.00. The average molecular weight is 300 g/mol. The molecule has 1 N–H and O–H groups in total. The predicted molar refractivity (Wildman–Crippen MR) is 84.0 cm³/mol. The number of nitrogens with zero attached hydrogens (tertiary/aromatic N) is 5. The lowest BCUT2D eigenvalue weighted by Crippen LogP contribution is -2.25. The number of rotatable bonds is 7. The van der Waals surface area contributed by atoms with E-state index in [1.807, 2.05) is 37.3 Å². The maximum Gasteiger partial charge on any atom is 0.263 e. The molecular formula is C15H20N6O. The lowest BCUT2D eigenvalue weighted by Gasteiger charge is -2.01. The van der Waals surface area contributed by atoms with Crippen LogP contribution in [0.25, 0.3) is 11.4 Å². The van der Waals surface area contributed by atoms with Gasteiger partial charge in [-0.1, -0.05) is 43.7 Å². The fourth-order valence-corrected chi connectivity index (χ4v) is 1.82. The van der Waals surface area contributed by atoms with E-state index in [1.165, 1.54) is 4.80 Å². The minimum Gasteiger partial charge on any atom is -0.271 e. The number of hydrogen-bond acceptors (Lipinski definition) is 5. The molecule has 0 aliphatic heterocycles. The lowest BCUT2D eigenvalue weighted by atomic mass is 10.2. The highest BCUT2D eigenvalue weighted by Gasteiger charge is 2.08. The Balaban J connectivity index is 1.89.